The molecule has 0 spiro atoms. The number of hydrogen-bond acceptors (Lipinski definition) is 3. The van der Waals surface area contributed by atoms with Crippen molar-refractivity contribution in [3.05, 3.63) is 0 Å². The molecular formula is C11H24N2O2S. The SMILES string of the molecule is CC(NS(=O)(=O)CC(C)(C)C)C1CCNC1. The van der Waals surface area contributed by atoms with Gasteiger partial charge in [0.25, 0.3) is 0 Å². The summed E-state index contributed by atoms with van der Waals surface area (Å²) in [5.41, 5.74) is -0.195. The third-order valence-corrected chi connectivity index (χ3v) is 4.77. The van der Waals surface area contributed by atoms with Crippen LogP contribution in [0.1, 0.15) is 34.1 Å². The summed E-state index contributed by atoms with van der Waals surface area (Å²) in [7, 11) is -3.15. The van der Waals surface area contributed by atoms with Crippen LogP contribution in [-0.4, -0.2) is 33.3 Å². The van der Waals surface area contributed by atoms with E-state index in [4.69, 9.17) is 0 Å². The molecule has 5 heteroatoms. The first-order valence-corrected chi connectivity index (χ1v) is 7.55. The van der Waals surface area contributed by atoms with Gasteiger partial charge in [-0.25, -0.2) is 13.1 Å². The summed E-state index contributed by atoms with van der Waals surface area (Å²) < 4.78 is 26.6. The second kappa shape index (κ2) is 5.02. The Hall–Kier alpha value is -0.130. The average Bonchev–Trinajstić information content (AvgIpc) is 2.48. The highest BCUT2D eigenvalue weighted by Crippen LogP contribution is 2.18. The minimum Gasteiger partial charge on any atom is -0.316 e. The molecule has 0 amide bonds. The largest absolute Gasteiger partial charge is 0.316 e. The lowest BCUT2D eigenvalue weighted by Crippen LogP contribution is -2.42. The van der Waals surface area contributed by atoms with Crippen LogP contribution in [-0.2, 0) is 10.0 Å². The molecule has 0 radical (unpaired) electrons. The van der Waals surface area contributed by atoms with Crippen LogP contribution >= 0.6 is 0 Å². The molecule has 0 aromatic carbocycles. The Morgan fingerprint density at radius 1 is 1.44 bits per heavy atom. The molecule has 0 saturated carbocycles. The van der Waals surface area contributed by atoms with Gasteiger partial charge in [0.05, 0.1) is 5.75 Å². The van der Waals surface area contributed by atoms with E-state index >= 15 is 0 Å². The van der Waals surface area contributed by atoms with E-state index in [-0.39, 0.29) is 17.2 Å². The molecule has 0 bridgehead atoms. The van der Waals surface area contributed by atoms with Crippen molar-refractivity contribution in [2.45, 2.75) is 40.2 Å². The second-order valence-corrected chi connectivity index (χ2v) is 7.73. The van der Waals surface area contributed by atoms with Crippen molar-refractivity contribution < 1.29 is 8.42 Å². The predicted octanol–water partition coefficient (Wildman–Crippen LogP) is 0.950. The van der Waals surface area contributed by atoms with Crippen LogP contribution in [0.15, 0.2) is 0 Å². The van der Waals surface area contributed by atoms with Crippen molar-refractivity contribution in [2.75, 3.05) is 18.8 Å². The van der Waals surface area contributed by atoms with Gasteiger partial charge in [0.2, 0.25) is 10.0 Å². The quantitative estimate of drug-likeness (QED) is 0.779. The number of nitrogens with one attached hydrogen (secondary N) is 2. The molecular weight excluding hydrogens is 224 g/mol. The average molecular weight is 248 g/mol. The zero-order valence-corrected chi connectivity index (χ0v) is 11.5. The Kier molecular flexibility index (Phi) is 4.37. The van der Waals surface area contributed by atoms with Gasteiger partial charge in [-0.05, 0) is 37.8 Å². The summed E-state index contributed by atoms with van der Waals surface area (Å²) in [5.74, 6) is 0.611. The van der Waals surface area contributed by atoms with Crippen molar-refractivity contribution in [3.63, 3.8) is 0 Å². The molecule has 1 aliphatic heterocycles. The molecule has 1 saturated heterocycles. The Morgan fingerprint density at radius 2 is 2.06 bits per heavy atom. The van der Waals surface area contributed by atoms with Crippen LogP contribution in [0, 0.1) is 11.3 Å². The minimum absolute atomic E-state index is 0.0300. The summed E-state index contributed by atoms with van der Waals surface area (Å²) in [6.07, 6.45) is 1.05. The van der Waals surface area contributed by atoms with E-state index in [1.807, 2.05) is 27.7 Å². The molecule has 1 rings (SSSR count). The van der Waals surface area contributed by atoms with E-state index in [0.29, 0.717) is 5.92 Å². The Morgan fingerprint density at radius 3 is 2.50 bits per heavy atom. The second-order valence-electron chi connectivity index (χ2n) is 5.98. The lowest BCUT2D eigenvalue weighted by atomic mass is 10.0. The zero-order chi connectivity index (χ0) is 12.4. The molecule has 0 aliphatic carbocycles. The highest BCUT2D eigenvalue weighted by molar-refractivity contribution is 7.89. The van der Waals surface area contributed by atoms with E-state index < -0.39 is 10.0 Å². The van der Waals surface area contributed by atoms with Gasteiger partial charge in [-0.15, -0.1) is 0 Å². The molecule has 1 aliphatic rings. The van der Waals surface area contributed by atoms with Crippen LogP contribution in [0.4, 0.5) is 0 Å². The Balaban J connectivity index is 2.51. The molecule has 1 fully saturated rings. The van der Waals surface area contributed by atoms with Crippen LogP contribution in [0.2, 0.25) is 0 Å². The molecule has 16 heavy (non-hydrogen) atoms. The van der Waals surface area contributed by atoms with E-state index in [1.165, 1.54) is 0 Å². The lowest BCUT2D eigenvalue weighted by molar-refractivity contribution is 0.426. The molecule has 0 aromatic heterocycles. The first-order valence-electron chi connectivity index (χ1n) is 5.90. The molecule has 96 valence electrons. The summed E-state index contributed by atoms with van der Waals surface area (Å²) >= 11 is 0. The number of sulfonamides is 1. The summed E-state index contributed by atoms with van der Waals surface area (Å²) in [6.45, 7) is 9.68. The van der Waals surface area contributed by atoms with Crippen molar-refractivity contribution in [1.82, 2.24) is 10.0 Å². The van der Waals surface area contributed by atoms with Gasteiger partial charge in [0.15, 0.2) is 0 Å². The van der Waals surface area contributed by atoms with Gasteiger partial charge >= 0.3 is 0 Å². The molecule has 1 heterocycles. The summed E-state index contributed by atoms with van der Waals surface area (Å²) in [5, 5.41) is 3.25. The van der Waals surface area contributed by atoms with Crippen molar-refractivity contribution in [2.24, 2.45) is 11.3 Å². The van der Waals surface area contributed by atoms with Crippen LogP contribution in [0.3, 0.4) is 0 Å². The third kappa shape index (κ3) is 4.80. The predicted molar refractivity (Wildman–Crippen MR) is 66.8 cm³/mol. The molecule has 0 aromatic rings. The van der Waals surface area contributed by atoms with E-state index in [0.717, 1.165) is 19.5 Å². The van der Waals surface area contributed by atoms with Gasteiger partial charge in [0, 0.05) is 6.04 Å². The zero-order valence-electron chi connectivity index (χ0n) is 10.7. The van der Waals surface area contributed by atoms with Crippen LogP contribution in [0.25, 0.3) is 0 Å². The summed E-state index contributed by atoms with van der Waals surface area (Å²) in [4.78, 5) is 0. The smallest absolute Gasteiger partial charge is 0.212 e. The third-order valence-electron chi connectivity index (χ3n) is 2.79. The number of hydrogen-bond donors (Lipinski definition) is 2. The fourth-order valence-electron chi connectivity index (χ4n) is 2.09. The van der Waals surface area contributed by atoms with Crippen molar-refractivity contribution in [3.8, 4) is 0 Å². The molecule has 2 atom stereocenters. The molecule has 2 N–H and O–H groups in total. The van der Waals surface area contributed by atoms with Gasteiger partial charge < -0.3 is 5.32 Å². The highest BCUT2D eigenvalue weighted by atomic mass is 32.2. The number of rotatable bonds is 4. The first-order chi connectivity index (χ1) is 7.20. The van der Waals surface area contributed by atoms with E-state index in [9.17, 15) is 8.42 Å². The van der Waals surface area contributed by atoms with Gasteiger partial charge in [-0.2, -0.15) is 0 Å². The Bertz CT molecular complexity index is 313. The lowest BCUT2D eigenvalue weighted by Gasteiger charge is -2.23. The fraction of sp³-hybridized carbons (Fsp3) is 1.00. The Labute approximate surface area is 99.2 Å². The minimum atomic E-state index is -3.15. The van der Waals surface area contributed by atoms with E-state index in [1.54, 1.807) is 0 Å². The molecule has 2 unspecified atom stereocenters. The van der Waals surface area contributed by atoms with Crippen molar-refractivity contribution in [1.29, 1.82) is 0 Å². The van der Waals surface area contributed by atoms with Gasteiger partial charge in [-0.1, -0.05) is 20.8 Å². The van der Waals surface area contributed by atoms with Gasteiger partial charge in [-0.3, -0.25) is 0 Å². The topological polar surface area (TPSA) is 58.2 Å². The summed E-state index contributed by atoms with van der Waals surface area (Å²) in [6, 6.07) is 0.0300. The molecule has 4 nitrogen and oxygen atoms in total. The monoisotopic (exact) mass is 248 g/mol. The standard InChI is InChI=1S/C11H24N2O2S/c1-9(10-5-6-12-7-10)13-16(14,15)8-11(2,3)4/h9-10,12-13H,5-8H2,1-4H3. The normalized spacial score (nSPS) is 24.6. The van der Waals surface area contributed by atoms with Crippen LogP contribution < -0.4 is 10.0 Å². The maximum absolute atomic E-state index is 11.9. The maximum atomic E-state index is 11.9. The maximum Gasteiger partial charge on any atom is 0.212 e. The van der Waals surface area contributed by atoms with Crippen molar-refractivity contribution >= 4 is 10.0 Å². The van der Waals surface area contributed by atoms with E-state index in [2.05, 4.69) is 10.0 Å². The highest BCUT2D eigenvalue weighted by Gasteiger charge is 2.27. The van der Waals surface area contributed by atoms with Crippen LogP contribution in [0.5, 0.6) is 0 Å². The first kappa shape index (κ1) is 13.9. The van der Waals surface area contributed by atoms with Gasteiger partial charge in [0.1, 0.15) is 0 Å². The fourth-order valence-corrected chi connectivity index (χ4v) is 4.08.